The highest BCUT2D eigenvalue weighted by Gasteiger charge is 2.66. The van der Waals surface area contributed by atoms with Crippen LogP contribution in [0.1, 0.15) is 55.4 Å². The first-order valence-corrected chi connectivity index (χ1v) is 8.61. The van der Waals surface area contributed by atoms with Gasteiger partial charge in [0.25, 0.3) is 0 Å². The Morgan fingerprint density at radius 2 is 2.09 bits per heavy atom. The summed E-state index contributed by atoms with van der Waals surface area (Å²) < 4.78 is 5.99. The molecule has 3 fully saturated rings. The molecule has 2 bridgehead atoms. The first kappa shape index (κ1) is 15.2. The topological polar surface area (TPSA) is 49.7 Å². The Hall–Kier alpha value is -1.32. The number of rotatable bonds is 1. The van der Waals surface area contributed by atoms with Crippen LogP contribution in [0, 0.1) is 18.3 Å². The number of aromatic hydroxyl groups is 1. The van der Waals surface area contributed by atoms with E-state index in [9.17, 15) is 10.2 Å². The van der Waals surface area contributed by atoms with Crippen LogP contribution >= 0.6 is 0 Å². The number of aliphatic hydroxyl groups is 1. The Morgan fingerprint density at radius 3 is 2.70 bits per heavy atom. The SMILES string of the molecule is C=Cc1c(C)c(O)cc2c1CC[C@H]1C(C)(C)[C@@]3(O)CC[C@@]21CO3. The number of benzene rings is 1. The van der Waals surface area contributed by atoms with Gasteiger partial charge in [-0.15, -0.1) is 0 Å². The molecule has 1 aromatic rings. The molecule has 3 atom stereocenters. The van der Waals surface area contributed by atoms with Crippen LogP contribution in [0.15, 0.2) is 12.6 Å². The van der Waals surface area contributed by atoms with E-state index in [0.29, 0.717) is 24.7 Å². The van der Waals surface area contributed by atoms with Gasteiger partial charge in [0.2, 0.25) is 0 Å². The van der Waals surface area contributed by atoms with Crippen molar-refractivity contribution in [1.29, 1.82) is 0 Å². The number of phenolic OH excluding ortho intramolecular Hbond substituents is 1. The minimum absolute atomic E-state index is 0.0928. The van der Waals surface area contributed by atoms with Gasteiger partial charge in [-0.1, -0.05) is 26.5 Å². The Balaban J connectivity index is 1.97. The van der Waals surface area contributed by atoms with Crippen LogP contribution in [0.25, 0.3) is 6.08 Å². The predicted octanol–water partition coefficient (Wildman–Crippen LogP) is 3.68. The van der Waals surface area contributed by atoms with E-state index >= 15 is 0 Å². The number of phenols is 1. The van der Waals surface area contributed by atoms with Crippen molar-refractivity contribution in [2.24, 2.45) is 11.3 Å². The molecule has 3 heteroatoms. The second-order valence-corrected chi connectivity index (χ2v) is 8.21. The lowest BCUT2D eigenvalue weighted by Gasteiger charge is -2.66. The van der Waals surface area contributed by atoms with E-state index in [1.165, 1.54) is 11.1 Å². The molecule has 1 aromatic carbocycles. The Kier molecular flexibility index (Phi) is 2.91. The van der Waals surface area contributed by atoms with Crippen LogP contribution < -0.4 is 0 Å². The number of fused-ring (bicyclic) bond motifs is 3. The van der Waals surface area contributed by atoms with Gasteiger partial charge < -0.3 is 14.9 Å². The third-order valence-electron chi connectivity index (χ3n) is 7.17. The maximum Gasteiger partial charge on any atom is 0.170 e. The van der Waals surface area contributed by atoms with Crippen molar-refractivity contribution in [1.82, 2.24) is 0 Å². The molecule has 1 spiro atoms. The molecule has 0 aromatic heterocycles. The zero-order chi connectivity index (χ0) is 16.6. The molecule has 0 unspecified atom stereocenters. The third kappa shape index (κ3) is 1.62. The number of hydrogen-bond donors (Lipinski definition) is 2. The first-order valence-electron chi connectivity index (χ1n) is 8.61. The molecule has 2 saturated heterocycles. The summed E-state index contributed by atoms with van der Waals surface area (Å²) in [6.07, 6.45) is 5.48. The summed E-state index contributed by atoms with van der Waals surface area (Å²) >= 11 is 0. The summed E-state index contributed by atoms with van der Waals surface area (Å²) in [6.45, 7) is 10.7. The average Bonchev–Trinajstić information content (AvgIpc) is 2.51. The standard InChI is InChI=1S/C20H26O3/c1-5-13-12(2)16(21)10-15-14(13)6-7-17-18(3,4)20(22)9-8-19(15,17)11-23-20/h5,10,17,21-22H,1,6-9,11H2,2-4H3/t17-,19+,20+/m0/s1. The summed E-state index contributed by atoms with van der Waals surface area (Å²) in [7, 11) is 0. The largest absolute Gasteiger partial charge is 0.508 e. The Labute approximate surface area is 138 Å². The number of ether oxygens (including phenoxy) is 1. The van der Waals surface area contributed by atoms with Crippen molar-refractivity contribution in [3.8, 4) is 5.75 Å². The van der Waals surface area contributed by atoms with E-state index in [1.807, 2.05) is 19.1 Å². The highest BCUT2D eigenvalue weighted by molar-refractivity contribution is 5.65. The van der Waals surface area contributed by atoms with Crippen LogP contribution in [0.5, 0.6) is 5.75 Å². The summed E-state index contributed by atoms with van der Waals surface area (Å²) in [5.41, 5.74) is 4.16. The molecule has 124 valence electrons. The molecule has 4 aliphatic rings. The average molecular weight is 314 g/mol. The minimum Gasteiger partial charge on any atom is -0.508 e. The van der Waals surface area contributed by atoms with Crippen molar-refractivity contribution < 1.29 is 14.9 Å². The smallest absolute Gasteiger partial charge is 0.170 e. The van der Waals surface area contributed by atoms with Crippen LogP contribution in [-0.2, 0) is 16.6 Å². The number of hydrogen-bond acceptors (Lipinski definition) is 3. The fourth-order valence-corrected chi connectivity index (χ4v) is 5.69. The van der Waals surface area contributed by atoms with Crippen molar-refractivity contribution >= 4 is 6.08 Å². The van der Waals surface area contributed by atoms with Gasteiger partial charge in [0.05, 0.1) is 6.61 Å². The van der Waals surface area contributed by atoms with E-state index in [4.69, 9.17) is 4.74 Å². The monoisotopic (exact) mass is 314 g/mol. The normalized spacial score (nSPS) is 37.1. The van der Waals surface area contributed by atoms with Crippen molar-refractivity contribution in [2.45, 2.75) is 57.7 Å². The van der Waals surface area contributed by atoms with Crippen LogP contribution in [0.4, 0.5) is 0 Å². The fourth-order valence-electron chi connectivity index (χ4n) is 5.69. The molecule has 2 heterocycles. The molecule has 23 heavy (non-hydrogen) atoms. The van der Waals surface area contributed by atoms with Crippen LogP contribution in [0.3, 0.4) is 0 Å². The molecule has 5 rings (SSSR count). The fraction of sp³-hybridized carbons (Fsp3) is 0.600. The van der Waals surface area contributed by atoms with Crippen LogP contribution in [-0.4, -0.2) is 22.6 Å². The molecule has 3 nitrogen and oxygen atoms in total. The highest BCUT2D eigenvalue weighted by atomic mass is 16.6. The van der Waals surface area contributed by atoms with Crippen molar-refractivity contribution in [3.05, 3.63) is 34.9 Å². The zero-order valence-electron chi connectivity index (χ0n) is 14.3. The maximum absolute atomic E-state index is 10.9. The summed E-state index contributed by atoms with van der Waals surface area (Å²) in [5, 5.41) is 21.4. The van der Waals surface area contributed by atoms with E-state index in [2.05, 4.69) is 20.4 Å². The third-order valence-corrected chi connectivity index (χ3v) is 7.17. The van der Waals surface area contributed by atoms with E-state index < -0.39 is 5.79 Å². The first-order chi connectivity index (χ1) is 10.8. The van der Waals surface area contributed by atoms with Gasteiger partial charge in [0.1, 0.15) is 5.75 Å². The van der Waals surface area contributed by atoms with Gasteiger partial charge >= 0.3 is 0 Å². The lowest BCUT2D eigenvalue weighted by molar-refractivity contribution is -0.356. The lowest BCUT2D eigenvalue weighted by Crippen LogP contribution is -2.69. The van der Waals surface area contributed by atoms with Gasteiger partial charge in [-0.2, -0.15) is 0 Å². The van der Waals surface area contributed by atoms with Gasteiger partial charge in [-0.25, -0.2) is 0 Å². The predicted molar refractivity (Wildman–Crippen MR) is 90.3 cm³/mol. The van der Waals surface area contributed by atoms with Crippen LogP contribution in [0.2, 0.25) is 0 Å². The summed E-state index contributed by atoms with van der Waals surface area (Å²) in [6, 6.07) is 1.96. The Morgan fingerprint density at radius 1 is 1.35 bits per heavy atom. The molecule has 1 saturated carbocycles. The molecule has 2 N–H and O–H groups in total. The minimum atomic E-state index is -1.01. The molecule has 2 aliphatic heterocycles. The van der Waals surface area contributed by atoms with E-state index in [-0.39, 0.29) is 10.8 Å². The second-order valence-electron chi connectivity index (χ2n) is 8.21. The van der Waals surface area contributed by atoms with Gasteiger partial charge in [-0.3, -0.25) is 0 Å². The van der Waals surface area contributed by atoms with Gasteiger partial charge in [0, 0.05) is 17.3 Å². The van der Waals surface area contributed by atoms with Gasteiger partial charge in [-0.05, 0) is 60.4 Å². The molecule has 2 aliphatic carbocycles. The highest BCUT2D eigenvalue weighted by Crippen LogP contribution is 2.65. The van der Waals surface area contributed by atoms with E-state index in [0.717, 1.165) is 30.4 Å². The Bertz CT molecular complexity index is 693. The quantitative estimate of drug-likeness (QED) is 0.831. The summed E-state index contributed by atoms with van der Waals surface area (Å²) in [5.74, 6) is -0.294. The van der Waals surface area contributed by atoms with Crippen molar-refractivity contribution in [3.63, 3.8) is 0 Å². The molecular formula is C20H26O3. The lowest BCUT2D eigenvalue weighted by atomic mass is 9.46. The molecular weight excluding hydrogens is 288 g/mol. The summed E-state index contributed by atoms with van der Waals surface area (Å²) in [4.78, 5) is 0. The van der Waals surface area contributed by atoms with E-state index in [1.54, 1.807) is 0 Å². The van der Waals surface area contributed by atoms with Gasteiger partial charge in [0.15, 0.2) is 5.79 Å². The zero-order valence-corrected chi connectivity index (χ0v) is 14.3. The van der Waals surface area contributed by atoms with Crippen molar-refractivity contribution in [2.75, 3.05) is 6.61 Å². The molecule has 0 amide bonds. The second kappa shape index (κ2) is 4.40. The molecule has 0 radical (unpaired) electrons. The maximum atomic E-state index is 10.9.